The Labute approximate surface area is 142 Å². The minimum atomic E-state index is -4.58. The van der Waals surface area contributed by atoms with Crippen molar-refractivity contribution in [2.45, 2.75) is 31.9 Å². The highest BCUT2D eigenvalue weighted by Crippen LogP contribution is 2.56. The first-order chi connectivity index (χ1) is 11.2. The third kappa shape index (κ3) is 2.40. The minimum absolute atomic E-state index is 0.0508. The van der Waals surface area contributed by atoms with E-state index in [1.54, 1.807) is 13.8 Å². The monoisotopic (exact) mass is 356 g/mol. The molecular formula is C17H16ClF3N2O. The van der Waals surface area contributed by atoms with Crippen molar-refractivity contribution in [2.24, 2.45) is 5.92 Å². The predicted octanol–water partition coefficient (Wildman–Crippen LogP) is 4.92. The molecule has 2 aromatic rings. The van der Waals surface area contributed by atoms with Crippen molar-refractivity contribution in [3.05, 3.63) is 57.9 Å². The van der Waals surface area contributed by atoms with Crippen molar-refractivity contribution < 1.29 is 17.9 Å². The van der Waals surface area contributed by atoms with E-state index in [9.17, 15) is 18.4 Å². The van der Waals surface area contributed by atoms with E-state index in [0.29, 0.717) is 4.73 Å². The number of pyridine rings is 1. The number of hydrogen-bond donors (Lipinski definition) is 1. The van der Waals surface area contributed by atoms with Crippen LogP contribution in [0.15, 0.2) is 36.5 Å². The average molecular weight is 357 g/mol. The normalized spacial score (nSPS) is 19.6. The van der Waals surface area contributed by atoms with E-state index in [4.69, 9.17) is 11.6 Å². The summed E-state index contributed by atoms with van der Waals surface area (Å²) in [5, 5.41) is 15.2. The summed E-state index contributed by atoms with van der Waals surface area (Å²) in [7, 11) is 0. The molecule has 24 heavy (non-hydrogen) atoms. The number of nitrogens with zero attached hydrogens (tertiary/aromatic N) is 1. The molecule has 1 aromatic carbocycles. The lowest BCUT2D eigenvalue weighted by atomic mass is 9.67. The number of hydrogen-bond acceptors (Lipinski definition) is 2. The van der Waals surface area contributed by atoms with E-state index < -0.39 is 11.6 Å². The van der Waals surface area contributed by atoms with Gasteiger partial charge in [-0.2, -0.15) is 13.2 Å². The summed E-state index contributed by atoms with van der Waals surface area (Å²) in [5.41, 5.74) is -2.05. The molecule has 1 N–H and O–H groups in total. The zero-order valence-electron chi connectivity index (χ0n) is 13.1. The molecule has 1 atom stereocenters. The molecule has 0 saturated heterocycles. The largest absolute Gasteiger partial charge is 0.711 e. The van der Waals surface area contributed by atoms with E-state index >= 15 is 0 Å². The molecule has 128 valence electrons. The number of aromatic nitrogens is 1. The zero-order chi connectivity index (χ0) is 17.7. The Hall–Kier alpha value is -1.95. The van der Waals surface area contributed by atoms with Crippen LogP contribution < -0.4 is 10.0 Å². The Balaban J connectivity index is 2.42. The third-order valence-corrected chi connectivity index (χ3v) is 4.55. The molecule has 0 aliphatic carbocycles. The van der Waals surface area contributed by atoms with Crippen LogP contribution in [0.1, 0.15) is 31.4 Å². The SMILES string of the molecule is CC(C)CC1(C(F)(F)F)c2cc(Cl)ccc2Nc2c1ccc[n+]2[O-]. The number of nitrogens with one attached hydrogen (secondary N) is 1. The molecule has 1 aliphatic heterocycles. The Bertz CT molecular complexity index is 788. The molecule has 3 nitrogen and oxygen atoms in total. The molecule has 1 aliphatic rings. The van der Waals surface area contributed by atoms with Gasteiger partial charge in [0, 0.05) is 10.6 Å². The van der Waals surface area contributed by atoms with Gasteiger partial charge in [-0.15, -0.1) is 0 Å². The molecular weight excluding hydrogens is 341 g/mol. The number of anilines is 2. The highest BCUT2D eigenvalue weighted by atomic mass is 35.5. The Morgan fingerprint density at radius 3 is 2.58 bits per heavy atom. The van der Waals surface area contributed by atoms with Crippen LogP contribution in [0.4, 0.5) is 24.7 Å². The van der Waals surface area contributed by atoms with Crippen LogP contribution in [0.25, 0.3) is 0 Å². The van der Waals surface area contributed by atoms with Crippen molar-refractivity contribution in [2.75, 3.05) is 5.32 Å². The molecule has 0 saturated carbocycles. The molecule has 2 heterocycles. The van der Waals surface area contributed by atoms with Crippen molar-refractivity contribution in [1.82, 2.24) is 0 Å². The second-order valence-electron chi connectivity index (χ2n) is 6.41. The van der Waals surface area contributed by atoms with Crippen molar-refractivity contribution >= 4 is 23.1 Å². The van der Waals surface area contributed by atoms with Crippen molar-refractivity contribution in [3.63, 3.8) is 0 Å². The minimum Gasteiger partial charge on any atom is -0.711 e. The summed E-state index contributed by atoms with van der Waals surface area (Å²) in [6.07, 6.45) is -3.58. The van der Waals surface area contributed by atoms with Crippen molar-refractivity contribution in [1.29, 1.82) is 0 Å². The number of alkyl halides is 3. The topological polar surface area (TPSA) is 39.0 Å². The van der Waals surface area contributed by atoms with Gasteiger partial charge in [0.15, 0.2) is 0 Å². The molecule has 0 radical (unpaired) electrons. The Morgan fingerprint density at radius 2 is 1.96 bits per heavy atom. The molecule has 7 heteroatoms. The summed E-state index contributed by atoms with van der Waals surface area (Å²) < 4.78 is 43.6. The lowest BCUT2D eigenvalue weighted by Crippen LogP contribution is -2.49. The lowest BCUT2D eigenvalue weighted by Gasteiger charge is -2.41. The lowest BCUT2D eigenvalue weighted by molar-refractivity contribution is -0.590. The fourth-order valence-electron chi connectivity index (χ4n) is 3.46. The summed E-state index contributed by atoms with van der Waals surface area (Å²) >= 11 is 5.99. The molecule has 1 unspecified atom stereocenters. The number of fused-ring (bicyclic) bond motifs is 2. The van der Waals surface area contributed by atoms with Crippen LogP contribution in [0.2, 0.25) is 5.02 Å². The first kappa shape index (κ1) is 16.9. The van der Waals surface area contributed by atoms with Crippen LogP contribution in [-0.2, 0) is 5.41 Å². The third-order valence-electron chi connectivity index (χ3n) is 4.31. The molecule has 0 fully saturated rings. The van der Waals surface area contributed by atoms with Crippen LogP contribution in [0.3, 0.4) is 0 Å². The zero-order valence-corrected chi connectivity index (χ0v) is 13.9. The summed E-state index contributed by atoms with van der Waals surface area (Å²) in [6, 6.07) is 7.02. The van der Waals surface area contributed by atoms with Gasteiger partial charge in [0.05, 0.1) is 11.8 Å². The molecule has 3 rings (SSSR count). The Kier molecular flexibility index (Phi) is 3.91. The highest BCUT2D eigenvalue weighted by molar-refractivity contribution is 6.30. The van der Waals surface area contributed by atoms with Gasteiger partial charge in [-0.3, -0.25) is 0 Å². The molecule has 0 spiro atoms. The maximum absolute atomic E-state index is 14.4. The van der Waals surface area contributed by atoms with Crippen LogP contribution in [-0.4, -0.2) is 6.18 Å². The van der Waals surface area contributed by atoms with Crippen LogP contribution in [0, 0.1) is 11.1 Å². The maximum atomic E-state index is 14.4. The van der Waals surface area contributed by atoms with Gasteiger partial charge in [0.1, 0.15) is 11.1 Å². The van der Waals surface area contributed by atoms with E-state index in [-0.39, 0.29) is 40.0 Å². The predicted molar refractivity (Wildman–Crippen MR) is 86.4 cm³/mol. The summed E-state index contributed by atoms with van der Waals surface area (Å²) in [4.78, 5) is 0. The highest BCUT2D eigenvalue weighted by Gasteiger charge is 2.62. The van der Waals surface area contributed by atoms with Gasteiger partial charge in [-0.25, -0.2) is 10.0 Å². The van der Waals surface area contributed by atoms with Gasteiger partial charge in [-0.05, 0) is 42.7 Å². The molecule has 0 bridgehead atoms. The van der Waals surface area contributed by atoms with Gasteiger partial charge in [0.2, 0.25) is 0 Å². The number of halogens is 4. The van der Waals surface area contributed by atoms with E-state index in [1.165, 1.54) is 36.5 Å². The number of benzene rings is 1. The molecule has 0 amide bonds. The first-order valence-electron chi connectivity index (χ1n) is 7.53. The fraction of sp³-hybridized carbons (Fsp3) is 0.353. The standard InChI is InChI=1S/C17H16ClF3N2O/c1-10(2)9-16(17(19,20)21)12-4-3-7-23(24)15(12)22-14-6-5-11(18)8-13(14)16/h3-8,10,22H,9H2,1-2H3. The summed E-state index contributed by atoms with van der Waals surface area (Å²) in [5.74, 6) is -0.338. The van der Waals surface area contributed by atoms with Gasteiger partial charge in [0.25, 0.3) is 5.82 Å². The quantitative estimate of drug-likeness (QED) is 0.612. The fourth-order valence-corrected chi connectivity index (χ4v) is 3.63. The second-order valence-corrected chi connectivity index (χ2v) is 6.85. The van der Waals surface area contributed by atoms with E-state index in [0.717, 1.165) is 0 Å². The van der Waals surface area contributed by atoms with Crippen molar-refractivity contribution in [3.8, 4) is 0 Å². The van der Waals surface area contributed by atoms with Gasteiger partial charge in [-0.1, -0.05) is 25.4 Å². The first-order valence-corrected chi connectivity index (χ1v) is 7.91. The molecule has 1 aromatic heterocycles. The van der Waals surface area contributed by atoms with Gasteiger partial charge >= 0.3 is 6.18 Å². The Morgan fingerprint density at radius 1 is 1.25 bits per heavy atom. The smallest absolute Gasteiger partial charge is 0.402 e. The van der Waals surface area contributed by atoms with E-state index in [2.05, 4.69) is 5.32 Å². The maximum Gasteiger partial charge on any atom is 0.402 e. The van der Waals surface area contributed by atoms with Gasteiger partial charge < -0.3 is 5.21 Å². The number of rotatable bonds is 2. The van der Waals surface area contributed by atoms with Crippen LogP contribution >= 0.6 is 11.6 Å². The second kappa shape index (κ2) is 5.55. The van der Waals surface area contributed by atoms with E-state index in [1.807, 2.05) is 0 Å². The summed E-state index contributed by atoms with van der Waals surface area (Å²) in [6.45, 7) is 3.46. The average Bonchev–Trinajstić information content (AvgIpc) is 2.47. The van der Waals surface area contributed by atoms with Crippen LogP contribution in [0.5, 0.6) is 0 Å².